The number of hydrogen-bond acceptors (Lipinski definition) is 5. The zero-order chi connectivity index (χ0) is 22.0. The minimum atomic E-state index is -1.16. The Morgan fingerprint density at radius 3 is 2.58 bits per heavy atom. The normalized spacial score (nSPS) is 15.7. The molecule has 1 N–H and O–H groups in total. The molecule has 1 amide bonds. The fourth-order valence-electron chi connectivity index (χ4n) is 4.17. The minimum Gasteiger partial charge on any atom is -0.478 e. The molecule has 0 aliphatic carbocycles. The molecule has 156 valence electrons. The predicted molar refractivity (Wildman–Crippen MR) is 114 cm³/mol. The number of carbonyl (C=O) groups excluding carboxylic acids is 1. The summed E-state index contributed by atoms with van der Waals surface area (Å²) in [6.07, 6.45) is 1.47. The van der Waals surface area contributed by atoms with Gasteiger partial charge in [0.05, 0.1) is 16.8 Å². The number of benzene rings is 1. The molecule has 10 heteroatoms. The van der Waals surface area contributed by atoms with Crippen LogP contribution in [0.2, 0.25) is 5.02 Å². The Labute approximate surface area is 181 Å². The van der Waals surface area contributed by atoms with Crippen molar-refractivity contribution in [2.75, 3.05) is 4.90 Å². The van der Waals surface area contributed by atoms with Crippen LogP contribution in [0.5, 0.6) is 0 Å². The number of nitrogens with zero attached hydrogens (tertiary/aromatic N) is 6. The molecule has 4 aromatic rings. The smallest absolute Gasteiger partial charge is 0.338 e. The second kappa shape index (κ2) is 6.64. The topological polar surface area (TPSA) is 106 Å². The highest BCUT2D eigenvalue weighted by atomic mass is 35.5. The summed E-state index contributed by atoms with van der Waals surface area (Å²) in [6.45, 7) is 1.87. The molecule has 1 aliphatic heterocycles. The van der Waals surface area contributed by atoms with Crippen molar-refractivity contribution in [2.45, 2.75) is 13.0 Å². The molecule has 1 aliphatic rings. The van der Waals surface area contributed by atoms with Crippen LogP contribution in [0.15, 0.2) is 36.5 Å². The Morgan fingerprint density at radius 1 is 1.19 bits per heavy atom. The van der Waals surface area contributed by atoms with Crippen molar-refractivity contribution in [1.29, 1.82) is 0 Å². The molecule has 31 heavy (non-hydrogen) atoms. The van der Waals surface area contributed by atoms with Gasteiger partial charge >= 0.3 is 5.97 Å². The first-order valence-corrected chi connectivity index (χ1v) is 9.84. The third kappa shape index (κ3) is 2.73. The van der Waals surface area contributed by atoms with Gasteiger partial charge in [-0.25, -0.2) is 14.5 Å². The highest BCUT2D eigenvalue weighted by molar-refractivity contribution is 6.30. The van der Waals surface area contributed by atoms with Gasteiger partial charge in [-0.1, -0.05) is 28.9 Å². The summed E-state index contributed by atoms with van der Waals surface area (Å²) in [4.78, 5) is 31.6. The van der Waals surface area contributed by atoms with Crippen molar-refractivity contribution >= 4 is 40.5 Å². The number of carboxylic acid groups (broad SMARTS) is 1. The standard InChI is InChI=1S/C21H17ClN6O3/c1-10-8-14(23-19-16(10)24-25-27(19)3)28-17(11-4-6-12(22)7-5-11)18-15(20(28)29)13(21(30)31)9-26(18)2/h4-9,17H,1-3H3,(H,30,31). The van der Waals surface area contributed by atoms with Crippen LogP contribution in [0.4, 0.5) is 5.82 Å². The Hall–Kier alpha value is -3.72. The lowest BCUT2D eigenvalue weighted by Crippen LogP contribution is -2.31. The van der Waals surface area contributed by atoms with E-state index in [9.17, 15) is 14.7 Å². The predicted octanol–water partition coefficient (Wildman–Crippen LogP) is 3.11. The number of amides is 1. The summed E-state index contributed by atoms with van der Waals surface area (Å²) in [5.74, 6) is -1.18. The van der Waals surface area contributed by atoms with Gasteiger partial charge in [0.15, 0.2) is 5.65 Å². The molecule has 4 heterocycles. The van der Waals surface area contributed by atoms with E-state index in [0.29, 0.717) is 27.7 Å². The fraction of sp³-hybridized carbons (Fsp3) is 0.190. The molecule has 1 aromatic carbocycles. The van der Waals surface area contributed by atoms with Crippen LogP contribution in [0.25, 0.3) is 11.2 Å². The monoisotopic (exact) mass is 436 g/mol. The molecule has 3 aromatic heterocycles. The number of aromatic carboxylic acids is 1. The first-order valence-electron chi connectivity index (χ1n) is 9.46. The molecule has 0 bridgehead atoms. The molecule has 1 unspecified atom stereocenters. The second-order valence-corrected chi connectivity index (χ2v) is 7.97. The Bertz CT molecular complexity index is 1390. The van der Waals surface area contributed by atoms with Crippen LogP contribution in [0.3, 0.4) is 0 Å². The average molecular weight is 437 g/mol. The van der Waals surface area contributed by atoms with Gasteiger partial charge in [0.1, 0.15) is 17.4 Å². The number of pyridine rings is 1. The van der Waals surface area contributed by atoms with Crippen LogP contribution in [-0.2, 0) is 14.1 Å². The van der Waals surface area contributed by atoms with Gasteiger partial charge in [-0.15, -0.1) is 5.10 Å². The largest absolute Gasteiger partial charge is 0.478 e. The maximum absolute atomic E-state index is 13.6. The second-order valence-electron chi connectivity index (χ2n) is 7.53. The number of carboxylic acids is 1. The van der Waals surface area contributed by atoms with Gasteiger partial charge in [0.25, 0.3) is 5.91 Å². The van der Waals surface area contributed by atoms with Gasteiger partial charge in [0.2, 0.25) is 0 Å². The number of fused-ring (bicyclic) bond motifs is 2. The summed E-state index contributed by atoms with van der Waals surface area (Å²) < 4.78 is 3.23. The molecule has 0 fully saturated rings. The Morgan fingerprint density at radius 2 is 1.90 bits per heavy atom. The van der Waals surface area contributed by atoms with E-state index in [2.05, 4.69) is 15.3 Å². The number of aromatic nitrogens is 5. The summed E-state index contributed by atoms with van der Waals surface area (Å²) in [5, 5.41) is 18.4. The maximum Gasteiger partial charge on any atom is 0.338 e. The zero-order valence-corrected chi connectivity index (χ0v) is 17.6. The number of carbonyl (C=O) groups is 2. The fourth-order valence-corrected chi connectivity index (χ4v) is 4.29. The van der Waals surface area contributed by atoms with Crippen molar-refractivity contribution in [3.05, 3.63) is 69.5 Å². The van der Waals surface area contributed by atoms with Crippen molar-refractivity contribution in [3.63, 3.8) is 0 Å². The highest BCUT2D eigenvalue weighted by Crippen LogP contribution is 2.43. The van der Waals surface area contributed by atoms with Gasteiger partial charge in [-0.05, 0) is 36.2 Å². The lowest BCUT2D eigenvalue weighted by atomic mass is 10.0. The maximum atomic E-state index is 13.6. The Balaban J connectivity index is 1.78. The lowest BCUT2D eigenvalue weighted by Gasteiger charge is -2.26. The summed E-state index contributed by atoms with van der Waals surface area (Å²) >= 11 is 6.08. The van der Waals surface area contributed by atoms with Crippen LogP contribution >= 0.6 is 11.6 Å². The zero-order valence-electron chi connectivity index (χ0n) is 16.9. The number of rotatable bonds is 3. The third-order valence-electron chi connectivity index (χ3n) is 5.58. The van der Waals surface area contributed by atoms with Crippen molar-refractivity contribution in [2.24, 2.45) is 14.1 Å². The van der Waals surface area contributed by atoms with E-state index in [0.717, 1.165) is 11.1 Å². The number of hydrogen-bond donors (Lipinski definition) is 1. The van der Waals surface area contributed by atoms with E-state index < -0.39 is 17.9 Å². The lowest BCUT2D eigenvalue weighted by molar-refractivity contribution is 0.0692. The SMILES string of the molecule is Cc1cc(N2C(=O)c3c(C(=O)O)cn(C)c3C2c2ccc(Cl)cc2)nc2c1nnn2C. The van der Waals surface area contributed by atoms with Crippen LogP contribution in [0.1, 0.15) is 43.6 Å². The average Bonchev–Trinajstić information content (AvgIpc) is 3.36. The van der Waals surface area contributed by atoms with E-state index in [4.69, 9.17) is 11.6 Å². The molecule has 0 radical (unpaired) electrons. The molecule has 1 atom stereocenters. The first kappa shape index (κ1) is 19.3. The van der Waals surface area contributed by atoms with Crippen LogP contribution in [-0.4, -0.2) is 41.5 Å². The van der Waals surface area contributed by atoms with Gasteiger partial charge < -0.3 is 9.67 Å². The minimum absolute atomic E-state index is 0.0380. The molecule has 9 nitrogen and oxygen atoms in total. The van der Waals surface area contributed by atoms with E-state index >= 15 is 0 Å². The highest BCUT2D eigenvalue weighted by Gasteiger charge is 2.45. The molecule has 0 spiro atoms. The summed E-state index contributed by atoms with van der Waals surface area (Å²) in [6, 6.07) is 8.34. The molecular formula is C21H17ClN6O3. The number of aryl methyl sites for hydroxylation is 3. The van der Waals surface area contributed by atoms with Gasteiger partial charge in [-0.2, -0.15) is 0 Å². The molecule has 5 rings (SSSR count). The molecular weight excluding hydrogens is 420 g/mol. The van der Waals surface area contributed by atoms with Crippen molar-refractivity contribution in [3.8, 4) is 0 Å². The van der Waals surface area contributed by atoms with Crippen LogP contribution in [0, 0.1) is 6.92 Å². The van der Waals surface area contributed by atoms with Gasteiger partial charge in [-0.3, -0.25) is 9.69 Å². The third-order valence-corrected chi connectivity index (χ3v) is 5.83. The molecule has 0 saturated carbocycles. The summed E-state index contributed by atoms with van der Waals surface area (Å²) in [5.41, 5.74) is 3.49. The van der Waals surface area contributed by atoms with Crippen molar-refractivity contribution in [1.82, 2.24) is 24.5 Å². The van der Waals surface area contributed by atoms with Crippen molar-refractivity contribution < 1.29 is 14.7 Å². The van der Waals surface area contributed by atoms with E-state index in [1.165, 1.54) is 11.1 Å². The summed E-state index contributed by atoms with van der Waals surface area (Å²) in [7, 11) is 3.46. The van der Waals surface area contributed by atoms with Crippen LogP contribution < -0.4 is 4.90 Å². The van der Waals surface area contributed by atoms with E-state index in [1.54, 1.807) is 41.5 Å². The van der Waals surface area contributed by atoms with Gasteiger partial charge in [0, 0.05) is 25.3 Å². The Kier molecular flexibility index (Phi) is 4.13. The first-order chi connectivity index (χ1) is 14.8. The molecule has 0 saturated heterocycles. The number of halogens is 1. The van der Waals surface area contributed by atoms with E-state index in [1.807, 2.05) is 19.1 Å². The number of anilines is 1. The van der Waals surface area contributed by atoms with E-state index in [-0.39, 0.29) is 11.1 Å². The quantitative estimate of drug-likeness (QED) is 0.529.